The lowest BCUT2D eigenvalue weighted by molar-refractivity contribution is 0.106. The van der Waals surface area contributed by atoms with Crippen LogP contribution in [0.25, 0.3) is 12.2 Å². The molecule has 1 aliphatic rings. The Balaban J connectivity index is 1.63. The molecule has 2 aromatic heterocycles. The van der Waals surface area contributed by atoms with E-state index in [1.165, 1.54) is 47.6 Å². The number of aromatic nitrogens is 1. The van der Waals surface area contributed by atoms with Crippen LogP contribution in [-0.2, 0) is 7.05 Å². The molecule has 3 aromatic rings. The number of Topliss-reactive ketones (excluding diaryl/α,β-unsaturated/α-hetero) is 1. The second kappa shape index (κ2) is 8.29. The van der Waals surface area contributed by atoms with Gasteiger partial charge in [0.2, 0.25) is 0 Å². The number of piperidine rings is 1. The third-order valence-corrected chi connectivity index (χ3v) is 6.99. The maximum absolute atomic E-state index is 12.6. The Labute approximate surface area is 171 Å². The van der Waals surface area contributed by atoms with Crippen LogP contribution in [0, 0.1) is 0 Å². The van der Waals surface area contributed by atoms with Crippen LogP contribution in [0.2, 0.25) is 0 Å². The third-order valence-electron chi connectivity index (χ3n) is 4.99. The normalized spacial score (nSPS) is 16.0. The van der Waals surface area contributed by atoms with Crippen LogP contribution in [0.1, 0.15) is 34.5 Å². The molecule has 0 atom stereocenters. The minimum Gasteiger partial charge on any atom is -0.372 e. The number of nitrogens with zero attached hydrogens (tertiary/aromatic N) is 2. The predicted molar refractivity (Wildman–Crippen MR) is 118 cm³/mol. The second-order valence-corrected chi connectivity index (χ2v) is 8.95. The number of ketones is 1. The van der Waals surface area contributed by atoms with E-state index in [1.54, 1.807) is 23.8 Å². The van der Waals surface area contributed by atoms with E-state index in [0.29, 0.717) is 14.1 Å². The molecule has 144 valence electrons. The SMILES string of the molecule is Cn1c(=CC(=O)c2cccs2)sc(=Cc2ccc(N3CCCCC3)cc2)c1=O. The fourth-order valence-electron chi connectivity index (χ4n) is 3.39. The summed E-state index contributed by atoms with van der Waals surface area (Å²) in [4.78, 5) is 28.0. The van der Waals surface area contributed by atoms with Crippen LogP contribution in [0.15, 0.2) is 46.6 Å². The first-order valence-corrected chi connectivity index (χ1v) is 11.1. The van der Waals surface area contributed by atoms with E-state index in [0.717, 1.165) is 18.7 Å². The summed E-state index contributed by atoms with van der Waals surface area (Å²) in [5.41, 5.74) is 2.16. The Kier molecular flexibility index (Phi) is 5.59. The highest BCUT2D eigenvalue weighted by molar-refractivity contribution is 7.12. The first kappa shape index (κ1) is 18.9. The van der Waals surface area contributed by atoms with Gasteiger partial charge in [0.25, 0.3) is 5.56 Å². The summed E-state index contributed by atoms with van der Waals surface area (Å²) in [6, 6.07) is 12.0. The first-order valence-electron chi connectivity index (χ1n) is 9.44. The molecule has 6 heteroatoms. The molecule has 0 spiro atoms. The molecule has 0 amide bonds. The Bertz CT molecular complexity index is 1130. The number of carbonyl (C=O) groups is 1. The lowest BCUT2D eigenvalue weighted by Gasteiger charge is -2.28. The minimum atomic E-state index is -0.0738. The summed E-state index contributed by atoms with van der Waals surface area (Å²) in [7, 11) is 1.71. The van der Waals surface area contributed by atoms with Crippen molar-refractivity contribution in [3.8, 4) is 0 Å². The molecule has 0 aliphatic carbocycles. The number of rotatable bonds is 4. The van der Waals surface area contributed by atoms with E-state index in [-0.39, 0.29) is 11.3 Å². The van der Waals surface area contributed by atoms with E-state index in [4.69, 9.17) is 0 Å². The van der Waals surface area contributed by atoms with Gasteiger partial charge in [-0.2, -0.15) is 0 Å². The summed E-state index contributed by atoms with van der Waals surface area (Å²) < 4.78 is 2.85. The number of hydrogen-bond donors (Lipinski definition) is 0. The van der Waals surface area contributed by atoms with Crippen molar-refractivity contribution >= 4 is 46.3 Å². The highest BCUT2D eigenvalue weighted by atomic mass is 32.1. The van der Waals surface area contributed by atoms with Gasteiger partial charge in [0.1, 0.15) is 4.66 Å². The minimum absolute atomic E-state index is 0.0655. The number of benzene rings is 1. The Morgan fingerprint density at radius 2 is 1.82 bits per heavy atom. The number of thiazole rings is 1. The van der Waals surface area contributed by atoms with Gasteiger partial charge in [-0.3, -0.25) is 9.59 Å². The zero-order chi connectivity index (χ0) is 19.5. The van der Waals surface area contributed by atoms with Crippen molar-refractivity contribution in [1.29, 1.82) is 0 Å². The van der Waals surface area contributed by atoms with Gasteiger partial charge < -0.3 is 9.47 Å². The highest BCUT2D eigenvalue weighted by Crippen LogP contribution is 2.20. The highest BCUT2D eigenvalue weighted by Gasteiger charge is 2.10. The predicted octanol–water partition coefficient (Wildman–Crippen LogP) is 2.99. The van der Waals surface area contributed by atoms with Gasteiger partial charge in [-0.05, 0) is 54.5 Å². The van der Waals surface area contributed by atoms with Gasteiger partial charge in [0.05, 0.1) is 9.41 Å². The quantitative estimate of drug-likeness (QED) is 0.621. The van der Waals surface area contributed by atoms with Crippen molar-refractivity contribution in [2.24, 2.45) is 7.05 Å². The van der Waals surface area contributed by atoms with Crippen LogP contribution in [-0.4, -0.2) is 23.4 Å². The summed E-state index contributed by atoms with van der Waals surface area (Å²) in [5.74, 6) is -0.0655. The fraction of sp³-hybridized carbons (Fsp3) is 0.273. The standard InChI is InChI=1S/C22H22N2O2S2/c1-23-21(15-18(25)19-6-5-13-27-19)28-20(22(23)26)14-16-7-9-17(10-8-16)24-11-3-2-4-12-24/h5-10,13-15H,2-4,11-12H2,1H3. The van der Waals surface area contributed by atoms with Crippen LogP contribution in [0.4, 0.5) is 5.69 Å². The molecular weight excluding hydrogens is 388 g/mol. The first-order chi connectivity index (χ1) is 13.6. The van der Waals surface area contributed by atoms with Crippen molar-refractivity contribution in [2.45, 2.75) is 19.3 Å². The van der Waals surface area contributed by atoms with Crippen molar-refractivity contribution < 1.29 is 4.79 Å². The van der Waals surface area contributed by atoms with Crippen LogP contribution in [0.3, 0.4) is 0 Å². The van der Waals surface area contributed by atoms with Gasteiger partial charge in [0.15, 0.2) is 5.78 Å². The lowest BCUT2D eigenvalue weighted by Crippen LogP contribution is -2.29. The number of carbonyl (C=O) groups excluding carboxylic acids is 1. The number of thiophene rings is 1. The third kappa shape index (κ3) is 4.03. The Morgan fingerprint density at radius 1 is 1.07 bits per heavy atom. The maximum Gasteiger partial charge on any atom is 0.268 e. The van der Waals surface area contributed by atoms with Crippen molar-refractivity contribution in [3.05, 3.63) is 71.8 Å². The molecule has 4 rings (SSSR count). The van der Waals surface area contributed by atoms with E-state index in [2.05, 4.69) is 29.2 Å². The van der Waals surface area contributed by atoms with Crippen LogP contribution < -0.4 is 19.7 Å². The van der Waals surface area contributed by atoms with Gasteiger partial charge in [0, 0.05) is 31.9 Å². The smallest absolute Gasteiger partial charge is 0.268 e. The lowest BCUT2D eigenvalue weighted by atomic mass is 10.1. The molecule has 1 aromatic carbocycles. The molecule has 1 fully saturated rings. The zero-order valence-electron chi connectivity index (χ0n) is 15.8. The topological polar surface area (TPSA) is 42.3 Å². The van der Waals surface area contributed by atoms with Gasteiger partial charge in [-0.1, -0.05) is 18.2 Å². The molecule has 0 unspecified atom stereocenters. The Morgan fingerprint density at radius 3 is 2.50 bits per heavy atom. The molecule has 3 heterocycles. The van der Waals surface area contributed by atoms with Crippen LogP contribution in [0.5, 0.6) is 0 Å². The number of anilines is 1. The summed E-state index contributed by atoms with van der Waals surface area (Å²) >= 11 is 2.76. The molecule has 28 heavy (non-hydrogen) atoms. The largest absolute Gasteiger partial charge is 0.372 e. The van der Waals surface area contributed by atoms with Gasteiger partial charge in [-0.15, -0.1) is 22.7 Å². The Hall–Kier alpha value is -2.44. The molecule has 4 nitrogen and oxygen atoms in total. The summed E-state index contributed by atoms with van der Waals surface area (Å²) in [6.07, 6.45) is 7.28. The molecule has 0 saturated carbocycles. The molecule has 0 bridgehead atoms. The molecule has 0 radical (unpaired) electrons. The van der Waals surface area contributed by atoms with E-state index < -0.39 is 0 Å². The maximum atomic E-state index is 12.6. The van der Waals surface area contributed by atoms with Crippen LogP contribution >= 0.6 is 22.7 Å². The van der Waals surface area contributed by atoms with Gasteiger partial charge >= 0.3 is 0 Å². The average molecular weight is 411 g/mol. The van der Waals surface area contributed by atoms with Gasteiger partial charge in [-0.25, -0.2) is 0 Å². The molecular formula is C22H22N2O2S2. The number of hydrogen-bond acceptors (Lipinski definition) is 5. The summed E-state index contributed by atoms with van der Waals surface area (Å²) in [5, 5.41) is 1.88. The molecule has 1 aliphatic heterocycles. The van der Waals surface area contributed by atoms with Crippen molar-refractivity contribution in [3.63, 3.8) is 0 Å². The van der Waals surface area contributed by atoms with Crippen molar-refractivity contribution in [1.82, 2.24) is 4.57 Å². The summed E-state index contributed by atoms with van der Waals surface area (Å²) in [6.45, 7) is 2.23. The second-order valence-electron chi connectivity index (χ2n) is 6.94. The zero-order valence-corrected chi connectivity index (χ0v) is 17.4. The van der Waals surface area contributed by atoms with E-state index >= 15 is 0 Å². The fourth-order valence-corrected chi connectivity index (χ4v) is 5.06. The monoisotopic (exact) mass is 410 g/mol. The molecule has 0 N–H and O–H groups in total. The van der Waals surface area contributed by atoms with E-state index in [1.807, 2.05) is 17.5 Å². The van der Waals surface area contributed by atoms with Crippen molar-refractivity contribution in [2.75, 3.05) is 18.0 Å². The average Bonchev–Trinajstić information content (AvgIpc) is 3.35. The molecule has 1 saturated heterocycles. The van der Waals surface area contributed by atoms with E-state index in [9.17, 15) is 9.59 Å².